The monoisotopic (exact) mass is 224 g/mol. The number of carbonyl (C=O) groups excluding carboxylic acids is 1. The number of thiophene rings is 1. The number of anilines is 2. The minimum Gasteiger partial charge on any atom is -0.396 e. The topological polar surface area (TPSA) is 96.1 Å². The predicted octanol–water partition coefficient (Wildman–Crippen LogP) is 0.757. The first-order valence-corrected chi connectivity index (χ1v) is 5.17. The first-order valence-electron chi connectivity index (χ1n) is 4.36. The van der Waals surface area contributed by atoms with Crippen LogP contribution in [0.25, 0.3) is 0 Å². The van der Waals surface area contributed by atoms with Gasteiger partial charge in [-0.05, 0) is 6.92 Å². The zero-order chi connectivity index (χ0) is 11.6. The van der Waals surface area contributed by atoms with Gasteiger partial charge in [0.1, 0.15) is 21.5 Å². The number of hydrogen-bond donors (Lipinski definition) is 2. The fourth-order valence-electron chi connectivity index (χ4n) is 1.13. The van der Waals surface area contributed by atoms with Crippen molar-refractivity contribution in [2.45, 2.75) is 6.92 Å². The number of nitriles is 1. The molecule has 4 N–H and O–H groups in total. The van der Waals surface area contributed by atoms with Crippen molar-refractivity contribution in [2.75, 3.05) is 24.2 Å². The summed E-state index contributed by atoms with van der Waals surface area (Å²) in [7, 11) is 1.83. The van der Waals surface area contributed by atoms with Crippen LogP contribution in [0, 0.1) is 11.3 Å². The highest BCUT2D eigenvalue weighted by Crippen LogP contribution is 2.36. The Labute approximate surface area is 91.9 Å². The molecular formula is C9H12N4OS. The minimum absolute atomic E-state index is 0.185. The average molecular weight is 224 g/mol. The second kappa shape index (κ2) is 4.19. The molecule has 0 saturated heterocycles. The Kier molecular flexibility index (Phi) is 3.17. The van der Waals surface area contributed by atoms with Crippen molar-refractivity contribution in [1.82, 2.24) is 0 Å². The SMILES string of the molecule is CCN(C)c1sc(C(N)=O)c(N)c1C#N. The van der Waals surface area contributed by atoms with Gasteiger partial charge < -0.3 is 16.4 Å². The van der Waals surface area contributed by atoms with Crippen LogP contribution < -0.4 is 16.4 Å². The van der Waals surface area contributed by atoms with Crippen molar-refractivity contribution in [1.29, 1.82) is 5.26 Å². The second-order valence-electron chi connectivity index (χ2n) is 3.02. The number of amides is 1. The zero-order valence-corrected chi connectivity index (χ0v) is 9.39. The van der Waals surface area contributed by atoms with Crippen LogP contribution in [0.2, 0.25) is 0 Å². The molecule has 0 fully saturated rings. The number of primary amides is 1. The molecule has 1 heterocycles. The van der Waals surface area contributed by atoms with E-state index in [9.17, 15) is 4.79 Å². The van der Waals surface area contributed by atoms with Crippen LogP contribution in [0.4, 0.5) is 10.7 Å². The van der Waals surface area contributed by atoms with Gasteiger partial charge in [-0.2, -0.15) is 5.26 Å². The van der Waals surface area contributed by atoms with Gasteiger partial charge in [0.25, 0.3) is 5.91 Å². The molecule has 6 heteroatoms. The van der Waals surface area contributed by atoms with Crippen LogP contribution in [0.15, 0.2) is 0 Å². The average Bonchev–Trinajstić information content (AvgIpc) is 2.54. The van der Waals surface area contributed by atoms with Crippen molar-refractivity contribution in [3.8, 4) is 6.07 Å². The third-order valence-electron chi connectivity index (χ3n) is 2.08. The van der Waals surface area contributed by atoms with Gasteiger partial charge in [-0.25, -0.2) is 0 Å². The van der Waals surface area contributed by atoms with Crippen LogP contribution in [-0.2, 0) is 0 Å². The molecule has 0 unspecified atom stereocenters. The summed E-state index contributed by atoms with van der Waals surface area (Å²) in [5.41, 5.74) is 11.3. The largest absolute Gasteiger partial charge is 0.396 e. The van der Waals surface area contributed by atoms with Crippen molar-refractivity contribution < 1.29 is 4.79 Å². The third-order valence-corrected chi connectivity index (χ3v) is 3.42. The van der Waals surface area contributed by atoms with E-state index in [1.54, 1.807) is 0 Å². The summed E-state index contributed by atoms with van der Waals surface area (Å²) < 4.78 is 0. The van der Waals surface area contributed by atoms with Gasteiger partial charge in [0.05, 0.1) is 5.69 Å². The maximum absolute atomic E-state index is 11.0. The number of nitrogens with two attached hydrogens (primary N) is 2. The van der Waals surface area contributed by atoms with E-state index in [4.69, 9.17) is 16.7 Å². The summed E-state index contributed by atoms with van der Waals surface area (Å²) in [6.45, 7) is 2.67. The Balaban J connectivity index is 3.36. The van der Waals surface area contributed by atoms with Gasteiger partial charge in [0.2, 0.25) is 0 Å². The first kappa shape index (κ1) is 11.3. The Morgan fingerprint density at radius 2 is 2.27 bits per heavy atom. The maximum Gasteiger partial charge on any atom is 0.261 e. The molecule has 0 aliphatic carbocycles. The molecule has 0 spiro atoms. The molecule has 1 amide bonds. The lowest BCUT2D eigenvalue weighted by atomic mass is 10.2. The summed E-state index contributed by atoms with van der Waals surface area (Å²) in [4.78, 5) is 13.1. The van der Waals surface area contributed by atoms with Gasteiger partial charge >= 0.3 is 0 Å². The number of hydrogen-bond acceptors (Lipinski definition) is 5. The second-order valence-corrected chi connectivity index (χ2v) is 4.01. The molecule has 0 aliphatic rings. The van der Waals surface area contributed by atoms with E-state index in [2.05, 4.69) is 0 Å². The van der Waals surface area contributed by atoms with Crippen molar-refractivity contribution in [2.24, 2.45) is 5.73 Å². The fraction of sp³-hybridized carbons (Fsp3) is 0.333. The highest BCUT2D eigenvalue weighted by atomic mass is 32.1. The molecule has 0 bridgehead atoms. The standard InChI is InChI=1S/C9H12N4OS/c1-3-13(2)9-5(4-10)6(11)7(15-9)8(12)14/h3,11H2,1-2H3,(H2,12,14). The normalized spacial score (nSPS) is 9.67. The Morgan fingerprint density at radius 3 is 2.67 bits per heavy atom. The molecule has 0 saturated carbocycles. The van der Waals surface area contributed by atoms with Crippen LogP contribution in [-0.4, -0.2) is 19.5 Å². The van der Waals surface area contributed by atoms with Crippen LogP contribution in [0.3, 0.4) is 0 Å². The van der Waals surface area contributed by atoms with Crippen LogP contribution in [0.5, 0.6) is 0 Å². The van der Waals surface area contributed by atoms with Crippen molar-refractivity contribution in [3.63, 3.8) is 0 Å². The van der Waals surface area contributed by atoms with Gasteiger partial charge in [-0.1, -0.05) is 0 Å². The van der Waals surface area contributed by atoms with Crippen LogP contribution in [0.1, 0.15) is 22.2 Å². The quantitative estimate of drug-likeness (QED) is 0.792. The molecule has 0 aromatic carbocycles. The van der Waals surface area contributed by atoms with E-state index >= 15 is 0 Å². The van der Waals surface area contributed by atoms with Crippen LogP contribution >= 0.6 is 11.3 Å². The Morgan fingerprint density at radius 1 is 1.67 bits per heavy atom. The zero-order valence-electron chi connectivity index (χ0n) is 8.57. The lowest BCUT2D eigenvalue weighted by Crippen LogP contribution is -2.15. The molecular weight excluding hydrogens is 212 g/mol. The highest BCUT2D eigenvalue weighted by molar-refractivity contribution is 7.19. The van der Waals surface area contributed by atoms with Gasteiger partial charge in [-0.3, -0.25) is 4.79 Å². The highest BCUT2D eigenvalue weighted by Gasteiger charge is 2.20. The maximum atomic E-state index is 11.0. The van der Waals surface area contributed by atoms with E-state index in [0.717, 1.165) is 17.9 Å². The summed E-state index contributed by atoms with van der Waals surface area (Å²) in [6.07, 6.45) is 0. The Bertz CT molecular complexity index is 432. The van der Waals surface area contributed by atoms with E-state index in [1.807, 2.05) is 24.9 Å². The molecule has 5 nitrogen and oxygen atoms in total. The third kappa shape index (κ3) is 1.87. The summed E-state index contributed by atoms with van der Waals surface area (Å²) >= 11 is 1.16. The number of nitrogens with zero attached hydrogens (tertiary/aromatic N) is 2. The van der Waals surface area contributed by atoms with E-state index < -0.39 is 5.91 Å². The molecule has 1 aromatic heterocycles. The number of nitrogen functional groups attached to an aromatic ring is 1. The minimum atomic E-state index is -0.593. The molecule has 80 valence electrons. The molecule has 1 aromatic rings. The predicted molar refractivity (Wildman–Crippen MR) is 60.9 cm³/mol. The van der Waals surface area contributed by atoms with Gasteiger partial charge in [0, 0.05) is 13.6 Å². The fourth-order valence-corrected chi connectivity index (χ4v) is 2.18. The molecule has 0 aliphatic heterocycles. The molecule has 1 rings (SSSR count). The Hall–Kier alpha value is -1.74. The van der Waals surface area contributed by atoms with E-state index in [0.29, 0.717) is 10.6 Å². The number of carbonyl (C=O) groups is 1. The van der Waals surface area contributed by atoms with E-state index in [-0.39, 0.29) is 10.6 Å². The van der Waals surface area contributed by atoms with E-state index in [1.165, 1.54) is 0 Å². The molecule has 0 atom stereocenters. The molecule has 0 radical (unpaired) electrons. The van der Waals surface area contributed by atoms with Crippen molar-refractivity contribution in [3.05, 3.63) is 10.4 Å². The molecule has 15 heavy (non-hydrogen) atoms. The van der Waals surface area contributed by atoms with Crippen molar-refractivity contribution >= 4 is 27.9 Å². The summed E-state index contributed by atoms with van der Waals surface area (Å²) in [5.74, 6) is -0.593. The smallest absolute Gasteiger partial charge is 0.261 e. The first-order chi connectivity index (χ1) is 7.02. The van der Waals surface area contributed by atoms with Gasteiger partial charge in [-0.15, -0.1) is 11.3 Å². The summed E-state index contributed by atoms with van der Waals surface area (Å²) in [6, 6.07) is 1.99. The lowest BCUT2D eigenvalue weighted by molar-refractivity contribution is 0.100. The van der Waals surface area contributed by atoms with Gasteiger partial charge in [0.15, 0.2) is 0 Å². The summed E-state index contributed by atoms with van der Waals surface area (Å²) in [5, 5.41) is 9.62. The lowest BCUT2D eigenvalue weighted by Gasteiger charge is -2.13. The number of rotatable bonds is 3.